The van der Waals surface area contributed by atoms with Crippen LogP contribution in [0.25, 0.3) is 0 Å². The van der Waals surface area contributed by atoms with Crippen LogP contribution in [0.1, 0.15) is 15.9 Å². The highest BCUT2D eigenvalue weighted by atomic mass is 35.5. The maximum absolute atomic E-state index is 12.9. The molecule has 0 fully saturated rings. The van der Waals surface area contributed by atoms with Crippen LogP contribution < -0.4 is 11.1 Å². The minimum Gasteiger partial charge on any atom is -0.368 e. The lowest BCUT2D eigenvalue weighted by atomic mass is 10.0. The van der Waals surface area contributed by atoms with Crippen molar-refractivity contribution in [3.63, 3.8) is 0 Å². The molecule has 0 radical (unpaired) electrons. The number of nitrogens with two attached hydrogens (primary N) is 1. The summed E-state index contributed by atoms with van der Waals surface area (Å²) in [6, 6.07) is 8.82. The van der Waals surface area contributed by atoms with Crippen molar-refractivity contribution in [3.8, 4) is 0 Å². The van der Waals surface area contributed by atoms with E-state index < -0.39 is 23.7 Å². The van der Waals surface area contributed by atoms with E-state index >= 15 is 0 Å². The van der Waals surface area contributed by atoms with Gasteiger partial charge in [-0.2, -0.15) is 0 Å². The monoisotopic (exact) mass is 354 g/mol. The van der Waals surface area contributed by atoms with Crippen LogP contribution in [-0.2, 0) is 11.2 Å². The molecule has 0 bridgehead atoms. The molecule has 120 valence electrons. The second-order valence-electron chi connectivity index (χ2n) is 4.88. The van der Waals surface area contributed by atoms with Gasteiger partial charge < -0.3 is 11.1 Å². The highest BCUT2D eigenvalue weighted by molar-refractivity contribution is 6.35. The van der Waals surface area contributed by atoms with Crippen molar-refractivity contribution in [1.29, 1.82) is 0 Å². The van der Waals surface area contributed by atoms with Gasteiger partial charge in [-0.05, 0) is 42.0 Å². The van der Waals surface area contributed by atoms with Crippen LogP contribution in [0.4, 0.5) is 4.39 Å². The average molecular weight is 355 g/mol. The molecule has 7 heteroatoms. The summed E-state index contributed by atoms with van der Waals surface area (Å²) in [4.78, 5) is 23.7. The minimum atomic E-state index is -0.953. The van der Waals surface area contributed by atoms with Crippen LogP contribution in [-0.4, -0.2) is 17.9 Å². The van der Waals surface area contributed by atoms with E-state index in [0.717, 1.165) is 12.1 Å². The Morgan fingerprint density at radius 1 is 1.13 bits per heavy atom. The number of hydrogen-bond donors (Lipinski definition) is 2. The van der Waals surface area contributed by atoms with E-state index in [4.69, 9.17) is 28.9 Å². The Morgan fingerprint density at radius 3 is 2.35 bits per heavy atom. The van der Waals surface area contributed by atoms with E-state index in [-0.39, 0.29) is 12.0 Å². The number of primary amides is 1. The molecule has 0 saturated heterocycles. The number of hydrogen-bond acceptors (Lipinski definition) is 2. The number of nitrogens with one attached hydrogen (secondary N) is 1. The van der Waals surface area contributed by atoms with Crippen LogP contribution in [0.2, 0.25) is 10.0 Å². The van der Waals surface area contributed by atoms with Gasteiger partial charge >= 0.3 is 0 Å². The lowest BCUT2D eigenvalue weighted by molar-refractivity contribution is -0.119. The molecular formula is C16H13Cl2FN2O2. The van der Waals surface area contributed by atoms with E-state index in [1.54, 1.807) is 12.1 Å². The molecule has 2 aromatic rings. The summed E-state index contributed by atoms with van der Waals surface area (Å²) in [6.07, 6.45) is 0.123. The standard InChI is InChI=1S/C16H13Cl2FN2O2/c17-11-4-1-10(13(18)8-11)7-14(15(20)22)21-16(23)9-2-5-12(19)6-3-9/h1-6,8,14H,7H2,(H2,20,22)(H,21,23)/t14-/m0/s1. The van der Waals surface area contributed by atoms with Crippen molar-refractivity contribution < 1.29 is 14.0 Å². The molecule has 0 unspecified atom stereocenters. The third-order valence-corrected chi connectivity index (χ3v) is 3.78. The molecule has 0 saturated carbocycles. The third kappa shape index (κ3) is 4.68. The third-order valence-electron chi connectivity index (χ3n) is 3.19. The molecule has 0 aliphatic heterocycles. The maximum atomic E-state index is 12.9. The molecule has 2 aromatic carbocycles. The van der Waals surface area contributed by atoms with Gasteiger partial charge in [0, 0.05) is 22.0 Å². The van der Waals surface area contributed by atoms with Gasteiger partial charge in [0.1, 0.15) is 11.9 Å². The quantitative estimate of drug-likeness (QED) is 0.866. The van der Waals surface area contributed by atoms with Crippen molar-refractivity contribution in [2.24, 2.45) is 5.73 Å². The smallest absolute Gasteiger partial charge is 0.251 e. The Balaban J connectivity index is 2.14. The summed E-state index contributed by atoms with van der Waals surface area (Å²) in [6.45, 7) is 0. The number of carbonyl (C=O) groups excluding carboxylic acids is 2. The molecular weight excluding hydrogens is 342 g/mol. The number of benzene rings is 2. The zero-order chi connectivity index (χ0) is 17.0. The SMILES string of the molecule is NC(=O)[C@H](Cc1ccc(Cl)cc1Cl)NC(=O)c1ccc(F)cc1. The Labute approximate surface area is 142 Å². The first-order valence-corrected chi connectivity index (χ1v) is 7.42. The summed E-state index contributed by atoms with van der Waals surface area (Å²) in [7, 11) is 0. The first-order valence-electron chi connectivity index (χ1n) is 6.66. The Bertz CT molecular complexity index is 735. The molecule has 0 aliphatic carbocycles. The summed E-state index contributed by atoms with van der Waals surface area (Å²) >= 11 is 11.9. The number of amides is 2. The number of carbonyl (C=O) groups is 2. The number of rotatable bonds is 5. The molecule has 0 aliphatic rings. The second kappa shape index (κ2) is 7.44. The summed E-state index contributed by atoms with van der Waals surface area (Å²) in [5.41, 5.74) is 6.18. The van der Waals surface area contributed by atoms with Crippen molar-refractivity contribution in [2.45, 2.75) is 12.5 Å². The zero-order valence-corrected chi connectivity index (χ0v) is 13.4. The molecule has 3 N–H and O–H groups in total. The molecule has 2 rings (SSSR count). The molecule has 2 amide bonds. The molecule has 0 spiro atoms. The molecule has 1 atom stereocenters. The van der Waals surface area contributed by atoms with Gasteiger partial charge in [0.15, 0.2) is 0 Å². The average Bonchev–Trinajstić information content (AvgIpc) is 2.49. The van der Waals surface area contributed by atoms with E-state index in [0.29, 0.717) is 15.6 Å². The van der Waals surface area contributed by atoms with Gasteiger partial charge in [0.05, 0.1) is 0 Å². The predicted molar refractivity (Wildman–Crippen MR) is 87.0 cm³/mol. The first-order chi connectivity index (χ1) is 10.9. The van der Waals surface area contributed by atoms with Crippen LogP contribution in [0, 0.1) is 5.82 Å². The lowest BCUT2D eigenvalue weighted by Crippen LogP contribution is -2.45. The van der Waals surface area contributed by atoms with Crippen molar-refractivity contribution in [2.75, 3.05) is 0 Å². The second-order valence-corrected chi connectivity index (χ2v) is 5.72. The summed E-state index contributed by atoms with van der Waals surface area (Å²) in [5.74, 6) is -1.69. The predicted octanol–water partition coefficient (Wildman–Crippen LogP) is 2.96. The summed E-state index contributed by atoms with van der Waals surface area (Å²) in [5, 5.41) is 3.35. The fourth-order valence-corrected chi connectivity index (χ4v) is 2.46. The lowest BCUT2D eigenvalue weighted by Gasteiger charge is -2.16. The van der Waals surface area contributed by atoms with Gasteiger partial charge in [0.2, 0.25) is 5.91 Å². The highest BCUT2D eigenvalue weighted by Gasteiger charge is 2.20. The van der Waals surface area contributed by atoms with E-state index in [2.05, 4.69) is 5.32 Å². The number of halogens is 3. The van der Waals surface area contributed by atoms with Crippen LogP contribution in [0.15, 0.2) is 42.5 Å². The first kappa shape index (κ1) is 17.2. The minimum absolute atomic E-state index is 0.123. The van der Waals surface area contributed by atoms with Gasteiger partial charge in [-0.15, -0.1) is 0 Å². The Kier molecular flexibility index (Phi) is 5.58. The van der Waals surface area contributed by atoms with Crippen LogP contribution in [0.3, 0.4) is 0 Å². The van der Waals surface area contributed by atoms with Crippen LogP contribution in [0.5, 0.6) is 0 Å². The highest BCUT2D eigenvalue weighted by Crippen LogP contribution is 2.22. The molecule has 0 heterocycles. The van der Waals surface area contributed by atoms with Gasteiger partial charge in [-0.25, -0.2) is 4.39 Å². The van der Waals surface area contributed by atoms with Crippen molar-refractivity contribution in [3.05, 3.63) is 69.5 Å². The van der Waals surface area contributed by atoms with Gasteiger partial charge in [-0.3, -0.25) is 9.59 Å². The Hall–Kier alpha value is -2.11. The van der Waals surface area contributed by atoms with Crippen molar-refractivity contribution >= 4 is 35.0 Å². The van der Waals surface area contributed by atoms with E-state index in [9.17, 15) is 14.0 Å². The fourth-order valence-electron chi connectivity index (χ4n) is 1.97. The topological polar surface area (TPSA) is 72.2 Å². The molecule has 23 heavy (non-hydrogen) atoms. The fraction of sp³-hybridized carbons (Fsp3) is 0.125. The van der Waals surface area contributed by atoms with Crippen molar-refractivity contribution in [1.82, 2.24) is 5.32 Å². The van der Waals surface area contributed by atoms with E-state index in [1.165, 1.54) is 18.2 Å². The zero-order valence-electron chi connectivity index (χ0n) is 11.9. The maximum Gasteiger partial charge on any atom is 0.251 e. The van der Waals surface area contributed by atoms with E-state index in [1.807, 2.05) is 0 Å². The molecule has 0 aromatic heterocycles. The normalized spacial score (nSPS) is 11.8. The summed E-state index contributed by atoms with van der Waals surface area (Å²) < 4.78 is 12.9. The Morgan fingerprint density at radius 2 is 1.78 bits per heavy atom. The van der Waals surface area contributed by atoms with Gasteiger partial charge in [0.25, 0.3) is 5.91 Å². The van der Waals surface area contributed by atoms with Gasteiger partial charge in [-0.1, -0.05) is 29.3 Å². The largest absolute Gasteiger partial charge is 0.368 e. The van der Waals surface area contributed by atoms with Crippen LogP contribution >= 0.6 is 23.2 Å². The molecule has 4 nitrogen and oxygen atoms in total.